The van der Waals surface area contributed by atoms with Crippen LogP contribution in [0.15, 0.2) is 48.9 Å². The summed E-state index contributed by atoms with van der Waals surface area (Å²) in [6.07, 6.45) is 7.49. The van der Waals surface area contributed by atoms with Crippen molar-refractivity contribution < 1.29 is 0 Å². The molecule has 0 spiro atoms. The van der Waals surface area contributed by atoms with Gasteiger partial charge in [-0.05, 0) is 31.9 Å². The van der Waals surface area contributed by atoms with E-state index in [-0.39, 0.29) is 6.04 Å². The van der Waals surface area contributed by atoms with Gasteiger partial charge >= 0.3 is 0 Å². The van der Waals surface area contributed by atoms with Crippen LogP contribution in [-0.4, -0.2) is 16.5 Å². The van der Waals surface area contributed by atoms with Crippen molar-refractivity contribution in [3.63, 3.8) is 0 Å². The molecule has 0 aliphatic rings. The Morgan fingerprint density at radius 3 is 2.72 bits per heavy atom. The number of benzene rings is 1. The summed E-state index contributed by atoms with van der Waals surface area (Å²) in [6, 6.07) is 10.8. The monoisotopic (exact) mass is 241 g/mol. The van der Waals surface area contributed by atoms with Crippen LogP contribution < -0.4 is 5.32 Å². The topological polar surface area (TPSA) is 37.8 Å². The summed E-state index contributed by atoms with van der Waals surface area (Å²) in [6.45, 7) is 3.11. The van der Waals surface area contributed by atoms with Gasteiger partial charge in [-0.25, -0.2) is 0 Å². The molecule has 94 valence electrons. The molecule has 0 aliphatic heterocycles. The summed E-state index contributed by atoms with van der Waals surface area (Å²) in [5, 5.41) is 3.47. The van der Waals surface area contributed by atoms with Crippen LogP contribution in [0.25, 0.3) is 0 Å². The molecule has 0 saturated carbocycles. The molecule has 0 amide bonds. The molecule has 1 unspecified atom stereocenters. The molecule has 2 aromatic rings. The summed E-state index contributed by atoms with van der Waals surface area (Å²) in [7, 11) is 0. The number of rotatable bonds is 6. The van der Waals surface area contributed by atoms with E-state index in [1.165, 1.54) is 5.56 Å². The van der Waals surface area contributed by atoms with Gasteiger partial charge in [0, 0.05) is 24.6 Å². The molecule has 1 N–H and O–H groups in total. The molecule has 0 saturated heterocycles. The molecule has 0 bridgehead atoms. The average molecular weight is 241 g/mol. The fraction of sp³-hybridized carbons (Fsp3) is 0.333. The highest BCUT2D eigenvalue weighted by Gasteiger charge is 2.04. The van der Waals surface area contributed by atoms with E-state index in [9.17, 15) is 0 Å². The number of hydrogen-bond acceptors (Lipinski definition) is 3. The molecule has 1 atom stereocenters. The number of aromatic nitrogens is 2. The number of nitrogens with zero attached hydrogens (tertiary/aromatic N) is 2. The van der Waals surface area contributed by atoms with Gasteiger partial charge < -0.3 is 5.32 Å². The third kappa shape index (κ3) is 3.93. The van der Waals surface area contributed by atoms with Crippen LogP contribution in [0.1, 0.15) is 30.6 Å². The van der Waals surface area contributed by atoms with Crippen molar-refractivity contribution in [2.75, 3.05) is 6.54 Å². The highest BCUT2D eigenvalue weighted by atomic mass is 14.9. The highest BCUT2D eigenvalue weighted by Crippen LogP contribution is 2.07. The molecule has 1 aromatic heterocycles. The molecule has 3 nitrogen and oxygen atoms in total. The molecule has 1 heterocycles. The number of nitrogens with one attached hydrogen (secondary N) is 1. The van der Waals surface area contributed by atoms with Crippen molar-refractivity contribution in [2.45, 2.75) is 25.8 Å². The van der Waals surface area contributed by atoms with Crippen LogP contribution in [0.3, 0.4) is 0 Å². The molecule has 1 aromatic carbocycles. The summed E-state index contributed by atoms with van der Waals surface area (Å²) >= 11 is 0. The van der Waals surface area contributed by atoms with Crippen LogP contribution in [0.4, 0.5) is 0 Å². The second-order valence-corrected chi connectivity index (χ2v) is 4.40. The maximum Gasteiger partial charge on any atom is 0.0753 e. The Balaban J connectivity index is 1.70. The first-order valence-electron chi connectivity index (χ1n) is 6.39. The maximum absolute atomic E-state index is 4.29. The second kappa shape index (κ2) is 6.87. The molecule has 0 aliphatic carbocycles. The average Bonchev–Trinajstić information content (AvgIpc) is 2.45. The molecular weight excluding hydrogens is 222 g/mol. The van der Waals surface area contributed by atoms with Crippen molar-refractivity contribution >= 4 is 0 Å². The Kier molecular flexibility index (Phi) is 4.85. The molecule has 0 radical (unpaired) electrons. The van der Waals surface area contributed by atoms with Crippen molar-refractivity contribution in [1.82, 2.24) is 15.3 Å². The first-order chi connectivity index (χ1) is 8.86. The van der Waals surface area contributed by atoms with Crippen LogP contribution in [0.2, 0.25) is 0 Å². The van der Waals surface area contributed by atoms with Crippen LogP contribution in [0, 0.1) is 0 Å². The Labute approximate surface area is 108 Å². The van der Waals surface area contributed by atoms with Gasteiger partial charge in [-0.2, -0.15) is 0 Å². The summed E-state index contributed by atoms with van der Waals surface area (Å²) in [4.78, 5) is 8.37. The van der Waals surface area contributed by atoms with Crippen molar-refractivity contribution in [1.29, 1.82) is 0 Å². The van der Waals surface area contributed by atoms with E-state index in [1.54, 1.807) is 12.4 Å². The Hall–Kier alpha value is -1.74. The molecule has 18 heavy (non-hydrogen) atoms. The second-order valence-electron chi connectivity index (χ2n) is 4.40. The Bertz CT molecular complexity index is 442. The fourth-order valence-electron chi connectivity index (χ4n) is 1.89. The van der Waals surface area contributed by atoms with Crippen LogP contribution >= 0.6 is 0 Å². The van der Waals surface area contributed by atoms with E-state index < -0.39 is 0 Å². The quantitative estimate of drug-likeness (QED) is 0.790. The van der Waals surface area contributed by atoms with Gasteiger partial charge in [-0.1, -0.05) is 30.3 Å². The minimum Gasteiger partial charge on any atom is -0.309 e. The highest BCUT2D eigenvalue weighted by molar-refractivity contribution is 5.14. The smallest absolute Gasteiger partial charge is 0.0753 e. The normalized spacial score (nSPS) is 12.3. The lowest BCUT2D eigenvalue weighted by Gasteiger charge is -2.12. The van der Waals surface area contributed by atoms with Crippen LogP contribution in [-0.2, 0) is 6.42 Å². The fourth-order valence-corrected chi connectivity index (χ4v) is 1.89. The number of hydrogen-bond donors (Lipinski definition) is 1. The van der Waals surface area contributed by atoms with Gasteiger partial charge in [0.2, 0.25) is 0 Å². The largest absolute Gasteiger partial charge is 0.309 e. The lowest BCUT2D eigenvalue weighted by molar-refractivity contribution is 0.545. The molecule has 3 heteroatoms. The van der Waals surface area contributed by atoms with E-state index in [0.717, 1.165) is 25.1 Å². The van der Waals surface area contributed by atoms with E-state index in [1.807, 2.05) is 6.20 Å². The summed E-state index contributed by atoms with van der Waals surface area (Å²) in [5.41, 5.74) is 2.39. The number of aryl methyl sites for hydroxylation is 1. The lowest BCUT2D eigenvalue weighted by Crippen LogP contribution is -2.21. The van der Waals surface area contributed by atoms with Gasteiger partial charge in [-0.15, -0.1) is 0 Å². The first-order valence-corrected chi connectivity index (χ1v) is 6.39. The van der Waals surface area contributed by atoms with Gasteiger partial charge in [0.1, 0.15) is 0 Å². The summed E-state index contributed by atoms with van der Waals surface area (Å²) < 4.78 is 0. The first kappa shape index (κ1) is 12.7. The SMILES string of the molecule is CC(NCCCc1ccccc1)c1cnccn1. The zero-order valence-electron chi connectivity index (χ0n) is 10.7. The van der Waals surface area contributed by atoms with Crippen molar-refractivity contribution in [3.8, 4) is 0 Å². The summed E-state index contributed by atoms with van der Waals surface area (Å²) in [5.74, 6) is 0. The Morgan fingerprint density at radius 2 is 2.00 bits per heavy atom. The minimum absolute atomic E-state index is 0.259. The van der Waals surface area contributed by atoms with Crippen molar-refractivity contribution in [3.05, 3.63) is 60.2 Å². The van der Waals surface area contributed by atoms with E-state index in [4.69, 9.17) is 0 Å². The lowest BCUT2D eigenvalue weighted by atomic mass is 10.1. The zero-order valence-corrected chi connectivity index (χ0v) is 10.7. The van der Waals surface area contributed by atoms with Gasteiger partial charge in [0.05, 0.1) is 5.69 Å². The molecule has 2 rings (SSSR count). The third-order valence-electron chi connectivity index (χ3n) is 2.96. The molecule has 0 fully saturated rings. The van der Waals surface area contributed by atoms with Crippen molar-refractivity contribution in [2.24, 2.45) is 0 Å². The third-order valence-corrected chi connectivity index (χ3v) is 2.96. The van der Waals surface area contributed by atoms with E-state index >= 15 is 0 Å². The predicted molar refractivity (Wildman–Crippen MR) is 73.2 cm³/mol. The van der Waals surface area contributed by atoms with Gasteiger partial charge in [-0.3, -0.25) is 9.97 Å². The standard InChI is InChI=1S/C15H19N3/c1-13(15-12-16-10-11-18-15)17-9-5-8-14-6-3-2-4-7-14/h2-4,6-7,10-13,17H,5,8-9H2,1H3. The zero-order chi connectivity index (χ0) is 12.6. The minimum atomic E-state index is 0.259. The van der Waals surface area contributed by atoms with Gasteiger partial charge in [0.25, 0.3) is 0 Å². The Morgan fingerprint density at radius 1 is 1.17 bits per heavy atom. The maximum atomic E-state index is 4.29. The van der Waals surface area contributed by atoms with Crippen LogP contribution in [0.5, 0.6) is 0 Å². The van der Waals surface area contributed by atoms with E-state index in [2.05, 4.69) is 52.5 Å². The molecular formula is C15H19N3. The van der Waals surface area contributed by atoms with Gasteiger partial charge in [0.15, 0.2) is 0 Å². The van der Waals surface area contributed by atoms with E-state index in [0.29, 0.717) is 0 Å². The predicted octanol–water partition coefficient (Wildman–Crippen LogP) is 2.76.